The monoisotopic (exact) mass is 381 g/mol. The predicted octanol–water partition coefficient (Wildman–Crippen LogP) is 3.88. The number of benzene rings is 1. The molecule has 1 aromatic carbocycles. The van der Waals surface area contributed by atoms with E-state index in [4.69, 9.17) is 4.84 Å². The van der Waals surface area contributed by atoms with E-state index in [1.807, 2.05) is 30.3 Å². The zero-order valence-electron chi connectivity index (χ0n) is 14.0. The minimum Gasteiger partial charge on any atom is -0.363 e. The number of rotatable bonds is 2. The zero-order chi connectivity index (χ0) is 17.9. The summed E-state index contributed by atoms with van der Waals surface area (Å²) in [6.07, 6.45) is -2.61. The fourth-order valence-corrected chi connectivity index (χ4v) is 5.51. The third-order valence-electron chi connectivity index (χ3n) is 5.66. The van der Waals surface area contributed by atoms with Crippen LogP contribution in [0.5, 0.6) is 0 Å². The van der Waals surface area contributed by atoms with Gasteiger partial charge in [0.25, 0.3) is 0 Å². The van der Waals surface area contributed by atoms with Gasteiger partial charge in [0.1, 0.15) is 6.54 Å². The highest BCUT2D eigenvalue weighted by atomic mass is 32.1. The van der Waals surface area contributed by atoms with Crippen molar-refractivity contribution < 1.29 is 18.0 Å². The van der Waals surface area contributed by atoms with Gasteiger partial charge in [-0.25, -0.2) is 0 Å². The average molecular weight is 381 g/mol. The smallest absolute Gasteiger partial charge is 0.363 e. The molecule has 1 spiro atoms. The fraction of sp³-hybridized carbons (Fsp3) is 0.500. The van der Waals surface area contributed by atoms with Crippen LogP contribution in [0.4, 0.5) is 13.2 Å². The minimum absolute atomic E-state index is 0.0745. The summed E-state index contributed by atoms with van der Waals surface area (Å²) in [4.78, 5) is 10.1. The fourth-order valence-electron chi connectivity index (χ4n) is 4.46. The molecule has 138 valence electrons. The first-order valence-electron chi connectivity index (χ1n) is 8.76. The van der Waals surface area contributed by atoms with E-state index in [0.717, 1.165) is 40.9 Å². The van der Waals surface area contributed by atoms with Gasteiger partial charge in [-0.1, -0.05) is 23.4 Å². The van der Waals surface area contributed by atoms with Crippen molar-refractivity contribution in [3.05, 3.63) is 35.2 Å². The number of oxime groups is 1. The van der Waals surface area contributed by atoms with Crippen molar-refractivity contribution in [1.82, 2.24) is 9.80 Å². The lowest BCUT2D eigenvalue weighted by Gasteiger charge is -2.53. The van der Waals surface area contributed by atoms with E-state index in [9.17, 15) is 13.2 Å². The Hall–Kier alpha value is -1.80. The SMILES string of the molecule is FC(F)(F)CN1C(c2cc3ccccc3s2)=NO[C@]12CN1CCC2CC1. The minimum atomic E-state index is -4.32. The number of amidine groups is 1. The molecular formula is C18H18F3N3OS. The summed E-state index contributed by atoms with van der Waals surface area (Å²) in [7, 11) is 0. The highest BCUT2D eigenvalue weighted by molar-refractivity contribution is 7.20. The van der Waals surface area contributed by atoms with Gasteiger partial charge in [0.2, 0.25) is 5.72 Å². The van der Waals surface area contributed by atoms with Crippen LogP contribution < -0.4 is 0 Å². The normalized spacial score (nSPS) is 30.9. The van der Waals surface area contributed by atoms with E-state index in [1.165, 1.54) is 16.2 Å². The Morgan fingerprint density at radius 3 is 2.65 bits per heavy atom. The van der Waals surface area contributed by atoms with Crippen molar-refractivity contribution in [3.63, 3.8) is 0 Å². The lowest BCUT2D eigenvalue weighted by atomic mass is 9.79. The summed E-state index contributed by atoms with van der Waals surface area (Å²) in [6, 6.07) is 9.69. The summed E-state index contributed by atoms with van der Waals surface area (Å²) in [6.45, 7) is 1.29. The molecule has 0 N–H and O–H groups in total. The Morgan fingerprint density at radius 2 is 2.00 bits per heavy atom. The number of hydrogen-bond donors (Lipinski definition) is 0. The van der Waals surface area contributed by atoms with E-state index in [2.05, 4.69) is 10.1 Å². The molecule has 2 aromatic rings. The molecule has 4 aliphatic heterocycles. The Balaban J connectivity index is 1.56. The van der Waals surface area contributed by atoms with Gasteiger partial charge in [0.15, 0.2) is 5.84 Å². The van der Waals surface area contributed by atoms with Crippen molar-refractivity contribution >= 4 is 27.3 Å². The molecule has 0 unspecified atom stereocenters. The lowest BCUT2D eigenvalue weighted by Crippen LogP contribution is -2.67. The molecule has 3 fully saturated rings. The van der Waals surface area contributed by atoms with Crippen LogP contribution in [0.2, 0.25) is 0 Å². The van der Waals surface area contributed by atoms with E-state index < -0.39 is 18.4 Å². The standard InChI is InChI=1S/C18H18F3N3OS/c19-18(20,21)11-24-16(15-9-12-3-1-2-4-14(12)26-15)22-25-17(24)10-23-7-5-13(17)6-8-23/h1-4,9,13H,5-8,10-11H2/t17-/m0/s1. The second kappa shape index (κ2) is 5.60. The molecule has 5 heterocycles. The molecule has 4 nitrogen and oxygen atoms in total. The van der Waals surface area contributed by atoms with Crippen molar-refractivity contribution in [2.24, 2.45) is 11.1 Å². The van der Waals surface area contributed by atoms with Gasteiger partial charge >= 0.3 is 6.18 Å². The van der Waals surface area contributed by atoms with Crippen molar-refractivity contribution in [1.29, 1.82) is 0 Å². The zero-order valence-corrected chi connectivity index (χ0v) is 14.8. The molecule has 0 amide bonds. The molecule has 0 saturated carbocycles. The van der Waals surface area contributed by atoms with Gasteiger partial charge in [-0.2, -0.15) is 13.2 Å². The molecule has 0 radical (unpaired) electrons. The van der Waals surface area contributed by atoms with Crippen molar-refractivity contribution in [2.45, 2.75) is 24.7 Å². The second-order valence-corrected chi connectivity index (χ2v) is 8.33. The molecule has 6 rings (SSSR count). The first kappa shape index (κ1) is 16.4. The average Bonchev–Trinajstić information content (AvgIpc) is 3.17. The van der Waals surface area contributed by atoms with Crippen molar-refractivity contribution in [3.8, 4) is 0 Å². The summed E-state index contributed by atoms with van der Waals surface area (Å²) >= 11 is 1.46. The van der Waals surface area contributed by atoms with Crippen LogP contribution in [0.1, 0.15) is 17.7 Å². The summed E-state index contributed by atoms with van der Waals surface area (Å²) in [5, 5.41) is 5.20. The third-order valence-corrected chi connectivity index (χ3v) is 6.77. The van der Waals surface area contributed by atoms with Gasteiger partial charge < -0.3 is 9.74 Å². The number of alkyl halides is 3. The molecule has 8 heteroatoms. The predicted molar refractivity (Wildman–Crippen MR) is 94.1 cm³/mol. The second-order valence-electron chi connectivity index (χ2n) is 7.25. The van der Waals surface area contributed by atoms with Gasteiger partial charge in [-0.15, -0.1) is 11.3 Å². The maximum atomic E-state index is 13.4. The Labute approximate surface area is 152 Å². The molecule has 3 saturated heterocycles. The molecule has 4 aliphatic rings. The third kappa shape index (κ3) is 2.50. The van der Waals surface area contributed by atoms with E-state index in [-0.39, 0.29) is 5.92 Å². The van der Waals surface area contributed by atoms with Crippen LogP contribution in [-0.4, -0.2) is 53.7 Å². The number of halogens is 3. The number of hydrogen-bond acceptors (Lipinski definition) is 5. The van der Waals surface area contributed by atoms with Crippen molar-refractivity contribution in [2.75, 3.05) is 26.2 Å². The maximum Gasteiger partial charge on any atom is 0.406 e. The first-order chi connectivity index (χ1) is 12.4. The number of nitrogens with zero attached hydrogens (tertiary/aromatic N) is 3. The molecule has 26 heavy (non-hydrogen) atoms. The Morgan fingerprint density at radius 1 is 1.23 bits per heavy atom. The van der Waals surface area contributed by atoms with Crippen LogP contribution in [-0.2, 0) is 4.84 Å². The Kier molecular flexibility index (Phi) is 3.53. The summed E-state index contributed by atoms with van der Waals surface area (Å²) < 4.78 is 41.3. The first-order valence-corrected chi connectivity index (χ1v) is 9.58. The van der Waals surface area contributed by atoms with E-state index >= 15 is 0 Å². The molecule has 0 aliphatic carbocycles. The molecule has 2 bridgehead atoms. The van der Waals surface area contributed by atoms with E-state index in [0.29, 0.717) is 12.4 Å². The van der Waals surface area contributed by atoms with Crippen LogP contribution in [0.25, 0.3) is 10.1 Å². The number of thiophene rings is 1. The Bertz CT molecular complexity index is 839. The van der Waals surface area contributed by atoms with Crippen LogP contribution in [0, 0.1) is 5.92 Å². The molecule has 1 atom stereocenters. The molecular weight excluding hydrogens is 363 g/mol. The largest absolute Gasteiger partial charge is 0.406 e. The van der Waals surface area contributed by atoms with Crippen LogP contribution in [0.3, 0.4) is 0 Å². The molecule has 1 aromatic heterocycles. The van der Waals surface area contributed by atoms with Gasteiger partial charge in [0, 0.05) is 10.6 Å². The van der Waals surface area contributed by atoms with Gasteiger partial charge in [-0.3, -0.25) is 4.90 Å². The van der Waals surface area contributed by atoms with Gasteiger partial charge in [0.05, 0.1) is 11.4 Å². The van der Waals surface area contributed by atoms with E-state index in [1.54, 1.807) is 0 Å². The number of fused-ring (bicyclic) bond motifs is 3. The van der Waals surface area contributed by atoms with Gasteiger partial charge in [-0.05, 0) is 43.5 Å². The summed E-state index contributed by atoms with van der Waals surface area (Å²) in [5.74, 6) is 0.391. The highest BCUT2D eigenvalue weighted by Gasteiger charge is 2.59. The topological polar surface area (TPSA) is 28.1 Å². The van der Waals surface area contributed by atoms with Crippen LogP contribution in [0.15, 0.2) is 35.5 Å². The summed E-state index contributed by atoms with van der Waals surface area (Å²) in [5.41, 5.74) is -0.989. The quantitative estimate of drug-likeness (QED) is 0.790. The number of piperidine rings is 3. The lowest BCUT2D eigenvalue weighted by molar-refractivity contribution is -0.225. The van der Waals surface area contributed by atoms with Crippen LogP contribution >= 0.6 is 11.3 Å². The highest BCUT2D eigenvalue weighted by Crippen LogP contribution is 2.46. The maximum absolute atomic E-state index is 13.4.